The number of hydrogen-bond acceptors (Lipinski definition) is 1. The smallest absolute Gasteiger partial charge is 0.159 e. The monoisotopic (exact) mass is 1570 g/mol. The van der Waals surface area contributed by atoms with Gasteiger partial charge in [-0.15, -0.1) is 19.7 Å². The lowest BCUT2D eigenvalue weighted by Gasteiger charge is -2.22. The third-order valence-electron chi connectivity index (χ3n) is 17.1. The molecule has 4 fully saturated rings. The summed E-state index contributed by atoms with van der Waals surface area (Å²) in [6, 6.07) is 54.5. The van der Waals surface area contributed by atoms with Crippen molar-refractivity contribution in [3.05, 3.63) is 249 Å². The number of halogens is 2. The van der Waals surface area contributed by atoms with Crippen LogP contribution in [0.5, 0.6) is 0 Å². The third-order valence-corrected chi connectivity index (χ3v) is 17.8. The molecule has 4 aliphatic rings. The predicted octanol–water partition coefficient (Wildman–Crippen LogP) is 37.2. The fourth-order valence-corrected chi connectivity index (χ4v) is 6.38. The van der Waals surface area contributed by atoms with Crippen LogP contribution >= 0.6 is 27.5 Å². The zero-order valence-electron chi connectivity index (χ0n) is 77.6. The van der Waals surface area contributed by atoms with Crippen molar-refractivity contribution in [1.29, 1.82) is 0 Å². The quantitative estimate of drug-likeness (QED) is 0.0987. The van der Waals surface area contributed by atoms with Crippen molar-refractivity contribution in [1.82, 2.24) is 0 Å². The van der Waals surface area contributed by atoms with Gasteiger partial charge >= 0.3 is 0 Å². The van der Waals surface area contributed by atoms with Crippen molar-refractivity contribution < 1.29 is 4.79 Å². The van der Waals surface area contributed by atoms with Gasteiger partial charge < -0.3 is 0 Å². The van der Waals surface area contributed by atoms with Crippen LogP contribution in [-0.2, 0) is 6.42 Å². The van der Waals surface area contributed by atoms with Gasteiger partial charge in [-0.25, -0.2) is 0 Å². The molecule has 4 aliphatic carbocycles. The zero-order chi connectivity index (χ0) is 84.9. The average Bonchev–Trinajstić information content (AvgIpc) is 1.79. The molecule has 0 heterocycles. The second kappa shape index (κ2) is 82.9. The first-order valence-corrected chi connectivity index (χ1v) is 43.7. The minimum absolute atomic E-state index is 0.125. The highest BCUT2D eigenvalue weighted by atomic mass is 79.9. The lowest BCUT2D eigenvalue weighted by Crippen LogP contribution is -2.08. The molecule has 6 aromatic carbocycles. The molecule has 0 amide bonds. The Morgan fingerprint density at radius 2 is 0.741 bits per heavy atom. The summed E-state index contributed by atoms with van der Waals surface area (Å²) in [5.74, 6) is 7.24. The summed E-state index contributed by atoms with van der Waals surface area (Å²) in [6.45, 7) is 82.0. The van der Waals surface area contributed by atoms with Crippen molar-refractivity contribution in [3.8, 4) is 0 Å². The van der Waals surface area contributed by atoms with Gasteiger partial charge in [0, 0.05) is 15.1 Å². The first-order chi connectivity index (χ1) is 50.5. The number of aryl methyl sites for hydroxylation is 6. The lowest BCUT2D eigenvalue weighted by atomic mass is 9.84. The number of benzene rings is 6. The largest absolute Gasteiger partial charge is 0.295 e. The summed E-state index contributed by atoms with van der Waals surface area (Å²) >= 11 is 8.96. The van der Waals surface area contributed by atoms with Crippen molar-refractivity contribution in [2.45, 2.75) is 357 Å². The molecule has 0 aliphatic heterocycles. The number of allylic oxidation sites excluding steroid dienone is 3. The van der Waals surface area contributed by atoms with E-state index in [0.29, 0.717) is 10.8 Å². The summed E-state index contributed by atoms with van der Waals surface area (Å²) in [6.07, 6.45) is 29.1. The van der Waals surface area contributed by atoms with Crippen LogP contribution in [0.3, 0.4) is 0 Å². The lowest BCUT2D eigenvalue weighted by molar-refractivity contribution is 0.101. The second-order valence-corrected chi connectivity index (χ2v) is 34.5. The van der Waals surface area contributed by atoms with Gasteiger partial charge in [-0.3, -0.25) is 4.79 Å². The van der Waals surface area contributed by atoms with E-state index in [9.17, 15) is 4.79 Å². The maximum absolute atomic E-state index is 10.8. The van der Waals surface area contributed by atoms with E-state index >= 15 is 0 Å². The fraction of sp³-hybridized carbons (Fsp3) is 0.590. The summed E-state index contributed by atoms with van der Waals surface area (Å²) in [5, 5.41) is 0.801. The average molecular weight is 1570 g/mol. The van der Waals surface area contributed by atoms with Crippen LogP contribution in [0.15, 0.2) is 205 Å². The number of rotatable bonds is 10. The van der Waals surface area contributed by atoms with Gasteiger partial charge in [-0.05, 0) is 176 Å². The number of Topliss-reactive ketones (excluding diaryl/α,β-unsaturated/α-hetero) is 1. The molecule has 0 spiro atoms. The van der Waals surface area contributed by atoms with E-state index in [4.69, 9.17) is 11.6 Å². The Morgan fingerprint density at radius 1 is 0.472 bits per heavy atom. The minimum Gasteiger partial charge on any atom is -0.295 e. The van der Waals surface area contributed by atoms with Crippen LogP contribution in [0.1, 0.15) is 360 Å². The van der Waals surface area contributed by atoms with E-state index in [1.807, 2.05) is 137 Å². The Labute approximate surface area is 691 Å². The van der Waals surface area contributed by atoms with Crippen molar-refractivity contribution in [2.75, 3.05) is 0 Å². The third kappa shape index (κ3) is 119. The highest BCUT2D eigenvalue weighted by Crippen LogP contribution is 2.36. The van der Waals surface area contributed by atoms with Crippen molar-refractivity contribution >= 4 is 33.3 Å². The molecule has 0 N–H and O–H groups in total. The van der Waals surface area contributed by atoms with Gasteiger partial charge in [-0.2, -0.15) is 0 Å². The normalized spacial score (nSPS) is 12.0. The Hall–Kier alpha value is -5.02. The number of carbonyl (C=O) groups is 1. The molecule has 108 heavy (non-hydrogen) atoms. The van der Waals surface area contributed by atoms with E-state index in [0.717, 1.165) is 82.2 Å². The molecule has 4 saturated carbocycles. The topological polar surface area (TPSA) is 17.1 Å². The van der Waals surface area contributed by atoms with Gasteiger partial charge in [0.2, 0.25) is 0 Å². The van der Waals surface area contributed by atoms with E-state index in [2.05, 4.69) is 290 Å². The highest BCUT2D eigenvalue weighted by molar-refractivity contribution is 9.10. The van der Waals surface area contributed by atoms with Crippen LogP contribution in [0.2, 0.25) is 5.02 Å². The van der Waals surface area contributed by atoms with Gasteiger partial charge in [0.15, 0.2) is 5.78 Å². The van der Waals surface area contributed by atoms with Gasteiger partial charge in [-0.1, -0.05) is 475 Å². The summed E-state index contributed by atoms with van der Waals surface area (Å²) in [7, 11) is 0. The summed E-state index contributed by atoms with van der Waals surface area (Å²) in [4.78, 5) is 10.8. The molecule has 6 aromatic rings. The van der Waals surface area contributed by atoms with Crippen LogP contribution in [-0.4, -0.2) is 5.78 Å². The molecule has 620 valence electrons. The van der Waals surface area contributed by atoms with E-state index < -0.39 is 0 Å². The van der Waals surface area contributed by atoms with E-state index in [1.165, 1.54) is 147 Å². The number of carbonyl (C=O) groups excluding carboxylic acids is 1. The molecule has 3 heteroatoms. The zero-order valence-corrected chi connectivity index (χ0v) is 80.0. The predicted molar refractivity (Wildman–Crippen MR) is 507 cm³/mol. The standard InChI is InChI=1S/C9H10O.C8H10.C7H7Br.C7H7Cl.2C7H8.2C6H12.2C6H14.C5H10.C5H12.2C5H10.C4H8.2C4H10.C4H8/c1-7-3-5-9(6-4-7)8(2)10;1-2-8-6-4-3-5-7-8;2*1-6-2-4-7(8)5-3-6;2*1-7-5-3-2-4-6-7;1-5(2)6-3-4-6;1-2-6-4-3-5-6;2*1-5-6(2,3)4;1-2-5-3-4-5;3*1-4-5(2)3;1-4-2-3-4;1-4(2)3;2*1-3-4-2/h3-6H,1-2H3;3-7H,2H2,1H3;2*2-5H,1H3;2*2-6H,1H3;5-6H,3-4H2,1-2H3;6H,2-5H2,1H3;2*5H2,1-4H3;5H,2-4H2,1H3;5H,4H2,1-3H3;2*2,4H2,1,3H3;4H,2-3H2,1H3;4H,1-3H3;3-4H2,1-2H3;3H,1,4H2,2H3. The first kappa shape index (κ1) is 119. The molecule has 0 saturated heterocycles. The van der Waals surface area contributed by atoms with Gasteiger partial charge in [0.1, 0.15) is 0 Å². The number of ketones is 1. The van der Waals surface area contributed by atoms with Gasteiger partial charge in [0.05, 0.1) is 0 Å². The van der Waals surface area contributed by atoms with Crippen molar-refractivity contribution in [3.63, 3.8) is 0 Å². The fourth-order valence-electron chi connectivity index (χ4n) is 5.99. The molecule has 0 aromatic heterocycles. The maximum Gasteiger partial charge on any atom is 0.159 e. The summed E-state index contributed by atoms with van der Waals surface area (Å²) in [5.41, 5.74) is 12.2. The van der Waals surface area contributed by atoms with Crippen LogP contribution in [0, 0.1) is 86.9 Å². The van der Waals surface area contributed by atoms with Crippen molar-refractivity contribution in [2.24, 2.45) is 52.3 Å². The Morgan fingerprint density at radius 3 is 0.852 bits per heavy atom. The molecular weight excluding hydrogens is 1390 g/mol. The van der Waals surface area contributed by atoms with E-state index in [-0.39, 0.29) is 5.78 Å². The maximum atomic E-state index is 10.8. The molecule has 0 bridgehead atoms. The molecule has 10 rings (SSSR count). The van der Waals surface area contributed by atoms with Gasteiger partial charge in [0.25, 0.3) is 0 Å². The Bertz CT molecular complexity index is 2600. The minimum atomic E-state index is 0.125. The molecule has 1 nitrogen and oxygen atoms in total. The first-order valence-electron chi connectivity index (χ1n) is 42.5. The highest BCUT2D eigenvalue weighted by Gasteiger charge is 2.24. The molecule has 0 unspecified atom stereocenters. The Balaban J connectivity index is -0.000000164. The second-order valence-electron chi connectivity index (χ2n) is 33.2. The van der Waals surface area contributed by atoms with Crippen LogP contribution in [0.25, 0.3) is 0 Å². The molecule has 0 atom stereocenters. The molecular formula is C105H180BrClO. The van der Waals surface area contributed by atoms with Crippen LogP contribution in [0.4, 0.5) is 0 Å². The Kier molecular flexibility index (Phi) is 91.2. The van der Waals surface area contributed by atoms with E-state index in [1.54, 1.807) is 6.92 Å². The number of unbranched alkanes of at least 4 members (excludes halogenated alkanes) is 1. The number of hydrogen-bond donors (Lipinski definition) is 0. The summed E-state index contributed by atoms with van der Waals surface area (Å²) < 4.78 is 1.14. The SMILES string of the molecule is C=C(C)CC.C=C(C)CC.C=CCC.CC(=O)c1ccc(C)cc1.CC(C)C.CC(C)C1CC1.CC1CC1.CCC(C)(C)C.CCC(C)(C)C.CCC(C)C.CCC1CC1.CCC1CCC1.CCCC.CCc1ccccc1.Cc1ccc(Br)cc1.Cc1ccc(Cl)cc1.Cc1ccccc1.Cc1ccccc1. The molecule has 0 radical (unpaired) electrons. The van der Waals surface area contributed by atoms with Crippen LogP contribution < -0.4 is 0 Å².